The van der Waals surface area contributed by atoms with Gasteiger partial charge in [0.15, 0.2) is 0 Å². The van der Waals surface area contributed by atoms with E-state index < -0.39 is 10.4 Å². The zero-order valence-electron chi connectivity index (χ0n) is 9.94. The molecule has 0 radical (unpaired) electrons. The lowest BCUT2D eigenvalue weighted by Gasteiger charge is -1.97. The third-order valence-electron chi connectivity index (χ3n) is 1.61. The SMILES string of the molecule is C=CCc1ccccc1O.CCOOS(=O)(=O)O. The monoisotopic (exact) mass is 276 g/mol. The van der Waals surface area contributed by atoms with Gasteiger partial charge in [0.1, 0.15) is 5.75 Å². The number of phenols is 1. The van der Waals surface area contributed by atoms with Crippen LogP contribution in [0.3, 0.4) is 0 Å². The van der Waals surface area contributed by atoms with Crippen LogP contribution in [0.4, 0.5) is 0 Å². The van der Waals surface area contributed by atoms with Crippen LogP contribution in [0.5, 0.6) is 5.75 Å². The molecule has 1 rings (SSSR count). The highest BCUT2D eigenvalue weighted by atomic mass is 32.3. The van der Waals surface area contributed by atoms with E-state index >= 15 is 0 Å². The summed E-state index contributed by atoms with van der Waals surface area (Å²) >= 11 is 0. The van der Waals surface area contributed by atoms with Gasteiger partial charge in [-0.15, -0.1) is 6.58 Å². The number of phenolic OH excluding ortho intramolecular Hbond substituents is 1. The minimum atomic E-state index is -4.41. The number of rotatable bonds is 5. The van der Waals surface area contributed by atoms with Crippen LogP contribution in [0, 0.1) is 0 Å². The quantitative estimate of drug-likeness (QED) is 0.369. The molecule has 0 bridgehead atoms. The second-order valence-corrected chi connectivity index (χ2v) is 4.02. The van der Waals surface area contributed by atoms with Crippen LogP contribution in [0.1, 0.15) is 12.5 Å². The van der Waals surface area contributed by atoms with Crippen molar-refractivity contribution in [1.29, 1.82) is 0 Å². The third-order valence-corrected chi connectivity index (χ3v) is 1.88. The van der Waals surface area contributed by atoms with Crippen LogP contribution in [-0.2, 0) is 26.0 Å². The Labute approximate surface area is 106 Å². The highest BCUT2D eigenvalue weighted by Crippen LogP contribution is 2.15. The Morgan fingerprint density at radius 2 is 2.00 bits per heavy atom. The van der Waals surface area contributed by atoms with Crippen molar-refractivity contribution in [3.05, 3.63) is 42.5 Å². The molecule has 2 N–H and O–H groups in total. The Hall–Kier alpha value is -1.41. The van der Waals surface area contributed by atoms with Crippen molar-refractivity contribution >= 4 is 10.4 Å². The van der Waals surface area contributed by atoms with E-state index in [2.05, 4.69) is 15.8 Å². The van der Waals surface area contributed by atoms with Crippen molar-refractivity contribution in [2.45, 2.75) is 13.3 Å². The molecule has 7 heteroatoms. The molecular weight excluding hydrogens is 260 g/mol. The lowest BCUT2D eigenvalue weighted by Crippen LogP contribution is -2.03. The molecule has 1 aromatic carbocycles. The predicted molar refractivity (Wildman–Crippen MR) is 66.3 cm³/mol. The van der Waals surface area contributed by atoms with Crippen molar-refractivity contribution < 1.29 is 27.3 Å². The van der Waals surface area contributed by atoms with E-state index in [0.717, 1.165) is 12.0 Å². The summed E-state index contributed by atoms with van der Waals surface area (Å²) in [6.07, 6.45) is 2.50. The van der Waals surface area contributed by atoms with Gasteiger partial charge >= 0.3 is 10.4 Å². The van der Waals surface area contributed by atoms with E-state index in [1.807, 2.05) is 18.2 Å². The van der Waals surface area contributed by atoms with Crippen molar-refractivity contribution in [1.82, 2.24) is 0 Å². The molecule has 0 atom stereocenters. The zero-order chi connectivity index (χ0) is 14.0. The minimum Gasteiger partial charge on any atom is -0.508 e. The van der Waals surface area contributed by atoms with Crippen LogP contribution in [-0.4, -0.2) is 24.7 Å². The summed E-state index contributed by atoms with van der Waals surface area (Å²) in [6.45, 7) is 5.17. The van der Waals surface area contributed by atoms with Crippen LogP contribution in [0.2, 0.25) is 0 Å². The molecule has 0 aliphatic rings. The first-order valence-corrected chi connectivity index (χ1v) is 6.43. The summed E-state index contributed by atoms with van der Waals surface area (Å²) < 4.78 is 30.4. The van der Waals surface area contributed by atoms with E-state index in [1.54, 1.807) is 12.1 Å². The molecule has 0 aliphatic heterocycles. The number of para-hydroxylation sites is 1. The van der Waals surface area contributed by atoms with Crippen molar-refractivity contribution in [2.24, 2.45) is 0 Å². The van der Waals surface area contributed by atoms with Gasteiger partial charge in [-0.05, 0) is 25.0 Å². The first kappa shape index (κ1) is 16.6. The first-order chi connectivity index (χ1) is 8.40. The van der Waals surface area contributed by atoms with Crippen LogP contribution in [0.15, 0.2) is 36.9 Å². The molecular formula is C11H16O6S. The van der Waals surface area contributed by atoms with E-state index in [1.165, 1.54) is 6.92 Å². The standard InChI is InChI=1S/C9H10O.C2H6O5S/c1-2-5-8-6-3-4-7-9(8)10;1-2-6-7-8(3,4)5/h2-4,6-7,10H,1,5H2;2H2,1H3,(H,3,4,5). The second-order valence-electron chi connectivity index (χ2n) is 3.02. The van der Waals surface area contributed by atoms with E-state index in [0.29, 0.717) is 5.75 Å². The maximum atomic E-state index is 9.60. The summed E-state index contributed by atoms with van der Waals surface area (Å²) in [5, 5.41) is 9.19. The molecule has 0 spiro atoms. The van der Waals surface area contributed by atoms with Gasteiger partial charge in [-0.25, -0.2) is 4.89 Å². The van der Waals surface area contributed by atoms with E-state index in [-0.39, 0.29) is 6.61 Å². The molecule has 0 fully saturated rings. The number of allylic oxidation sites excluding steroid dienone is 1. The molecule has 1 aromatic rings. The summed E-state index contributed by atoms with van der Waals surface area (Å²) in [7, 11) is -4.41. The van der Waals surface area contributed by atoms with E-state index in [4.69, 9.17) is 4.55 Å². The van der Waals surface area contributed by atoms with Crippen molar-refractivity contribution in [2.75, 3.05) is 6.61 Å². The molecule has 18 heavy (non-hydrogen) atoms. The van der Waals surface area contributed by atoms with Gasteiger partial charge in [-0.1, -0.05) is 28.6 Å². The van der Waals surface area contributed by atoms with Gasteiger partial charge in [-0.3, -0.25) is 4.55 Å². The molecule has 0 unspecified atom stereocenters. The first-order valence-electron chi connectivity index (χ1n) is 5.07. The fourth-order valence-corrected chi connectivity index (χ4v) is 1.17. The Balaban J connectivity index is 0.000000331. The topological polar surface area (TPSA) is 93.1 Å². The fourth-order valence-electron chi connectivity index (χ4n) is 0.948. The number of benzene rings is 1. The Morgan fingerprint density at radius 3 is 2.39 bits per heavy atom. The van der Waals surface area contributed by atoms with Gasteiger partial charge in [-0.2, -0.15) is 8.42 Å². The molecule has 0 saturated carbocycles. The van der Waals surface area contributed by atoms with Gasteiger partial charge in [0.2, 0.25) is 0 Å². The zero-order valence-corrected chi connectivity index (χ0v) is 10.8. The predicted octanol–water partition coefficient (Wildman–Crippen LogP) is 1.88. The summed E-state index contributed by atoms with van der Waals surface area (Å²) in [6, 6.07) is 7.27. The summed E-state index contributed by atoms with van der Waals surface area (Å²) in [5.41, 5.74) is 0.928. The third kappa shape index (κ3) is 8.71. The molecule has 0 saturated heterocycles. The lowest BCUT2D eigenvalue weighted by atomic mass is 10.1. The maximum Gasteiger partial charge on any atom is 0.424 e. The van der Waals surface area contributed by atoms with Crippen LogP contribution in [0.25, 0.3) is 0 Å². The average Bonchev–Trinajstić information content (AvgIpc) is 2.30. The largest absolute Gasteiger partial charge is 0.508 e. The van der Waals surface area contributed by atoms with Crippen LogP contribution >= 0.6 is 0 Å². The highest BCUT2D eigenvalue weighted by Gasteiger charge is 2.02. The van der Waals surface area contributed by atoms with Gasteiger partial charge in [0.05, 0.1) is 6.61 Å². The van der Waals surface area contributed by atoms with Crippen molar-refractivity contribution in [3.63, 3.8) is 0 Å². The maximum absolute atomic E-state index is 9.60. The van der Waals surface area contributed by atoms with E-state index in [9.17, 15) is 13.5 Å². The van der Waals surface area contributed by atoms with Gasteiger partial charge in [0, 0.05) is 0 Å². The Kier molecular flexibility index (Phi) is 7.97. The average molecular weight is 276 g/mol. The van der Waals surface area contributed by atoms with Gasteiger partial charge < -0.3 is 5.11 Å². The molecule has 0 aromatic heterocycles. The Morgan fingerprint density at radius 1 is 1.39 bits per heavy atom. The summed E-state index contributed by atoms with van der Waals surface area (Å²) in [5.74, 6) is 0.349. The number of hydrogen-bond acceptors (Lipinski definition) is 5. The highest BCUT2D eigenvalue weighted by molar-refractivity contribution is 7.80. The summed E-state index contributed by atoms with van der Waals surface area (Å²) in [4.78, 5) is 3.86. The van der Waals surface area contributed by atoms with Crippen molar-refractivity contribution in [3.8, 4) is 5.75 Å². The number of aromatic hydroxyl groups is 1. The molecule has 0 aliphatic carbocycles. The number of hydrogen-bond donors (Lipinski definition) is 2. The Bertz CT molecular complexity index is 454. The van der Waals surface area contributed by atoms with Crippen LogP contribution < -0.4 is 0 Å². The fraction of sp³-hybridized carbons (Fsp3) is 0.273. The smallest absolute Gasteiger partial charge is 0.424 e. The normalized spacial score (nSPS) is 10.3. The molecule has 0 heterocycles. The molecule has 6 nitrogen and oxygen atoms in total. The molecule has 0 amide bonds. The second kappa shape index (κ2) is 8.65. The van der Waals surface area contributed by atoms with Gasteiger partial charge in [0.25, 0.3) is 0 Å². The lowest BCUT2D eigenvalue weighted by molar-refractivity contribution is -0.203. The minimum absolute atomic E-state index is 0.0692. The molecule has 102 valence electrons.